The molecule has 0 atom stereocenters. The highest BCUT2D eigenvalue weighted by Crippen LogP contribution is 2.40. The molecule has 3 aromatic rings. The van der Waals surface area contributed by atoms with Crippen molar-refractivity contribution >= 4 is 17.4 Å². The van der Waals surface area contributed by atoms with Crippen molar-refractivity contribution in [2.75, 3.05) is 57.8 Å². The Hall–Kier alpha value is -4.05. The van der Waals surface area contributed by atoms with Crippen molar-refractivity contribution in [3.05, 3.63) is 54.4 Å². The Morgan fingerprint density at radius 1 is 0.941 bits per heavy atom. The number of anilines is 2. The molecule has 0 bridgehead atoms. The van der Waals surface area contributed by atoms with Crippen LogP contribution in [0.2, 0.25) is 0 Å². The second kappa shape index (κ2) is 10.7. The summed E-state index contributed by atoms with van der Waals surface area (Å²) in [6.07, 6.45) is 3.22. The average Bonchev–Trinajstić information content (AvgIpc) is 2.89. The van der Waals surface area contributed by atoms with Crippen LogP contribution in [-0.4, -0.2) is 63.5 Å². The fraction of sp³-hybridized carbons (Fsp3) is 0.292. The first-order valence-corrected chi connectivity index (χ1v) is 10.7. The molecule has 1 saturated heterocycles. The number of benzene rings is 2. The number of rotatable bonds is 8. The maximum absolute atomic E-state index is 12.8. The number of carbonyl (C=O) groups is 1. The summed E-state index contributed by atoms with van der Waals surface area (Å²) in [5.74, 6) is 2.65. The van der Waals surface area contributed by atoms with E-state index in [9.17, 15) is 4.79 Å². The van der Waals surface area contributed by atoms with Crippen molar-refractivity contribution < 1.29 is 28.5 Å². The summed E-state index contributed by atoms with van der Waals surface area (Å²) in [5, 5.41) is 2.84. The lowest BCUT2D eigenvalue weighted by Gasteiger charge is -2.28. The van der Waals surface area contributed by atoms with Gasteiger partial charge in [0.1, 0.15) is 5.75 Å². The number of amides is 1. The van der Waals surface area contributed by atoms with E-state index < -0.39 is 0 Å². The molecule has 1 N–H and O–H groups in total. The number of nitrogens with zero attached hydrogens (tertiary/aromatic N) is 3. The summed E-state index contributed by atoms with van der Waals surface area (Å²) in [4.78, 5) is 23.6. The van der Waals surface area contributed by atoms with Gasteiger partial charge in [0.2, 0.25) is 5.75 Å². The maximum Gasteiger partial charge on any atom is 0.263 e. The highest BCUT2D eigenvalue weighted by molar-refractivity contribution is 6.04. The zero-order valence-corrected chi connectivity index (χ0v) is 19.2. The largest absolute Gasteiger partial charge is 0.493 e. The topological polar surface area (TPSA) is 104 Å². The average molecular weight is 466 g/mol. The van der Waals surface area contributed by atoms with Gasteiger partial charge in [-0.3, -0.25) is 4.79 Å². The molecule has 10 heteroatoms. The summed E-state index contributed by atoms with van der Waals surface area (Å²) in [6, 6.07) is 10.1. The number of morpholine rings is 1. The van der Waals surface area contributed by atoms with E-state index in [4.69, 9.17) is 23.7 Å². The van der Waals surface area contributed by atoms with E-state index in [0.29, 0.717) is 59.2 Å². The van der Waals surface area contributed by atoms with Crippen LogP contribution in [0.1, 0.15) is 10.4 Å². The Labute approximate surface area is 197 Å². The number of methoxy groups -OCH3 is 3. The van der Waals surface area contributed by atoms with Crippen LogP contribution in [0.15, 0.2) is 48.8 Å². The lowest BCUT2D eigenvalue weighted by molar-refractivity contribution is 0.102. The van der Waals surface area contributed by atoms with Crippen LogP contribution in [0.3, 0.4) is 0 Å². The summed E-state index contributed by atoms with van der Waals surface area (Å²) in [6.45, 7) is 2.70. The maximum atomic E-state index is 12.8. The predicted octanol–water partition coefficient (Wildman–Crippen LogP) is 3.38. The fourth-order valence-corrected chi connectivity index (χ4v) is 3.52. The first-order chi connectivity index (χ1) is 16.6. The van der Waals surface area contributed by atoms with E-state index >= 15 is 0 Å². The monoisotopic (exact) mass is 466 g/mol. The van der Waals surface area contributed by atoms with Gasteiger partial charge in [-0.1, -0.05) is 0 Å². The first kappa shape index (κ1) is 23.1. The Bertz CT molecular complexity index is 1110. The molecule has 10 nitrogen and oxygen atoms in total. The van der Waals surface area contributed by atoms with Gasteiger partial charge < -0.3 is 33.9 Å². The van der Waals surface area contributed by atoms with Crippen LogP contribution in [0.5, 0.6) is 28.9 Å². The number of nitrogens with one attached hydrogen (secondary N) is 1. The number of hydrogen-bond acceptors (Lipinski definition) is 9. The van der Waals surface area contributed by atoms with Crippen LogP contribution >= 0.6 is 0 Å². The van der Waals surface area contributed by atoms with Gasteiger partial charge in [-0.05, 0) is 24.3 Å². The Morgan fingerprint density at radius 2 is 1.59 bits per heavy atom. The van der Waals surface area contributed by atoms with Crippen LogP contribution < -0.4 is 29.2 Å². The number of aromatic nitrogens is 2. The molecule has 0 radical (unpaired) electrons. The van der Waals surface area contributed by atoms with E-state index in [2.05, 4.69) is 20.2 Å². The summed E-state index contributed by atoms with van der Waals surface area (Å²) < 4.78 is 27.4. The molecule has 0 unspecified atom stereocenters. The van der Waals surface area contributed by atoms with Crippen LogP contribution in [0.4, 0.5) is 11.5 Å². The highest BCUT2D eigenvalue weighted by Gasteiger charge is 2.19. The van der Waals surface area contributed by atoms with Gasteiger partial charge >= 0.3 is 0 Å². The van der Waals surface area contributed by atoms with Crippen molar-refractivity contribution in [2.45, 2.75) is 0 Å². The van der Waals surface area contributed by atoms with Crippen molar-refractivity contribution in [1.29, 1.82) is 0 Å². The third-order valence-electron chi connectivity index (χ3n) is 5.21. The van der Waals surface area contributed by atoms with Gasteiger partial charge in [0.25, 0.3) is 11.8 Å². The first-order valence-electron chi connectivity index (χ1n) is 10.7. The van der Waals surface area contributed by atoms with E-state index in [1.807, 2.05) is 0 Å². The quantitative estimate of drug-likeness (QED) is 0.535. The molecular formula is C24H26N4O6. The lowest BCUT2D eigenvalue weighted by atomic mass is 10.2. The Morgan fingerprint density at radius 3 is 2.21 bits per heavy atom. The van der Waals surface area contributed by atoms with Crippen LogP contribution in [-0.2, 0) is 4.74 Å². The predicted molar refractivity (Wildman–Crippen MR) is 126 cm³/mol. The van der Waals surface area contributed by atoms with Gasteiger partial charge in [0.05, 0.1) is 34.5 Å². The standard InChI is InChI=1S/C24H26N4O6/c1-30-19-14-17(15-20(31-2)21(19)32-3)27-23(29)16-4-6-18(7-5-16)34-24-22(25-8-9-26-24)28-10-12-33-13-11-28/h4-9,14-15H,10-13H2,1-3H3,(H,27,29). The molecule has 1 amide bonds. The highest BCUT2D eigenvalue weighted by atomic mass is 16.5. The smallest absolute Gasteiger partial charge is 0.263 e. The minimum absolute atomic E-state index is 0.297. The molecule has 2 heterocycles. The minimum atomic E-state index is -0.297. The molecule has 34 heavy (non-hydrogen) atoms. The summed E-state index contributed by atoms with van der Waals surface area (Å²) in [7, 11) is 4.56. The fourth-order valence-electron chi connectivity index (χ4n) is 3.52. The second-order valence-electron chi connectivity index (χ2n) is 7.28. The van der Waals surface area contributed by atoms with E-state index in [-0.39, 0.29) is 5.91 Å². The molecule has 1 aliphatic heterocycles. The zero-order valence-electron chi connectivity index (χ0n) is 19.2. The number of ether oxygens (including phenoxy) is 5. The molecule has 0 spiro atoms. The van der Waals surface area contributed by atoms with E-state index in [0.717, 1.165) is 13.1 Å². The molecule has 1 aliphatic rings. The molecule has 2 aromatic carbocycles. The minimum Gasteiger partial charge on any atom is -0.493 e. The van der Waals surface area contributed by atoms with Crippen LogP contribution in [0.25, 0.3) is 0 Å². The molecule has 4 rings (SSSR count). The van der Waals surface area contributed by atoms with Crippen molar-refractivity contribution in [3.63, 3.8) is 0 Å². The summed E-state index contributed by atoms with van der Waals surface area (Å²) in [5.41, 5.74) is 0.961. The van der Waals surface area contributed by atoms with Crippen molar-refractivity contribution in [1.82, 2.24) is 9.97 Å². The van der Waals surface area contributed by atoms with Crippen molar-refractivity contribution in [2.24, 2.45) is 0 Å². The normalized spacial score (nSPS) is 13.2. The molecule has 178 valence electrons. The third kappa shape index (κ3) is 5.12. The molecule has 1 aromatic heterocycles. The summed E-state index contributed by atoms with van der Waals surface area (Å²) >= 11 is 0. The van der Waals surface area contributed by atoms with Gasteiger partial charge in [-0.25, -0.2) is 9.97 Å². The number of hydrogen-bond donors (Lipinski definition) is 1. The molecule has 0 saturated carbocycles. The lowest BCUT2D eigenvalue weighted by Crippen LogP contribution is -2.37. The second-order valence-corrected chi connectivity index (χ2v) is 7.28. The Balaban J connectivity index is 1.47. The van der Waals surface area contributed by atoms with Gasteiger partial charge in [-0.2, -0.15) is 0 Å². The van der Waals surface area contributed by atoms with Gasteiger partial charge in [0.15, 0.2) is 17.3 Å². The van der Waals surface area contributed by atoms with Gasteiger partial charge in [-0.15, -0.1) is 0 Å². The van der Waals surface area contributed by atoms with Gasteiger partial charge in [0, 0.05) is 48.9 Å². The molecular weight excluding hydrogens is 440 g/mol. The van der Waals surface area contributed by atoms with E-state index in [1.54, 1.807) is 48.8 Å². The Kier molecular flexibility index (Phi) is 7.28. The van der Waals surface area contributed by atoms with E-state index in [1.165, 1.54) is 21.3 Å². The SMILES string of the molecule is COc1cc(NC(=O)c2ccc(Oc3nccnc3N3CCOCC3)cc2)cc(OC)c1OC. The van der Waals surface area contributed by atoms with Crippen LogP contribution in [0, 0.1) is 0 Å². The number of carbonyl (C=O) groups excluding carboxylic acids is 1. The van der Waals surface area contributed by atoms with Crippen molar-refractivity contribution in [3.8, 4) is 28.9 Å². The third-order valence-corrected chi connectivity index (χ3v) is 5.21. The zero-order chi connectivity index (χ0) is 23.9. The molecule has 0 aliphatic carbocycles. The molecule has 1 fully saturated rings.